The van der Waals surface area contributed by atoms with Crippen molar-refractivity contribution < 1.29 is 9.22 Å². The largest absolute Gasteiger partial charge is 0.432 e. The van der Waals surface area contributed by atoms with E-state index in [1.54, 1.807) is 5.57 Å². The molecule has 0 aliphatic heterocycles. The summed E-state index contributed by atoms with van der Waals surface area (Å²) < 4.78 is 7.06. The minimum absolute atomic E-state index is 0.0631. The van der Waals surface area contributed by atoms with Crippen LogP contribution in [0.3, 0.4) is 0 Å². The fourth-order valence-corrected chi connectivity index (χ4v) is 9.46. The average Bonchev–Trinajstić information content (AvgIpc) is 3.10. The van der Waals surface area contributed by atoms with Crippen molar-refractivity contribution in [3.05, 3.63) is 35.5 Å². The molecular formula is C34H62O2Si2. The van der Waals surface area contributed by atoms with Crippen molar-refractivity contribution in [2.45, 2.75) is 155 Å². The van der Waals surface area contributed by atoms with E-state index in [9.17, 15) is 4.80 Å². The zero-order valence-electron chi connectivity index (χ0n) is 27.1. The van der Waals surface area contributed by atoms with Gasteiger partial charge in [-0.2, -0.15) is 0 Å². The summed E-state index contributed by atoms with van der Waals surface area (Å²) in [7, 11) is -4.24. The topological polar surface area (TPSA) is 29.5 Å². The van der Waals surface area contributed by atoms with Crippen LogP contribution >= 0.6 is 0 Å². The zero-order valence-corrected chi connectivity index (χ0v) is 29.1. The van der Waals surface area contributed by atoms with Crippen molar-refractivity contribution in [1.82, 2.24) is 0 Å². The summed E-state index contributed by atoms with van der Waals surface area (Å²) >= 11 is 0. The molecule has 0 heterocycles. The van der Waals surface area contributed by atoms with Crippen LogP contribution in [0.5, 0.6) is 0 Å². The van der Waals surface area contributed by atoms with Crippen LogP contribution in [0.1, 0.15) is 113 Å². The molecule has 3 aliphatic carbocycles. The second kappa shape index (κ2) is 11.5. The lowest BCUT2D eigenvalue weighted by Crippen LogP contribution is -2.46. The van der Waals surface area contributed by atoms with E-state index in [0.717, 1.165) is 31.1 Å². The first-order valence-electron chi connectivity index (χ1n) is 15.8. The molecule has 3 rings (SSSR count). The summed E-state index contributed by atoms with van der Waals surface area (Å²) in [6.45, 7) is 30.1. The monoisotopic (exact) mass is 558 g/mol. The summed E-state index contributed by atoms with van der Waals surface area (Å²) in [6, 6.07) is 0. The lowest BCUT2D eigenvalue weighted by molar-refractivity contribution is 0.129. The van der Waals surface area contributed by atoms with Gasteiger partial charge in [0.05, 0.1) is 6.10 Å². The fraction of sp³-hybridized carbons (Fsp3) is 0.824. The maximum Gasteiger partial charge on any atom is 0.192 e. The molecule has 0 radical (unpaired) electrons. The average molecular weight is 559 g/mol. The van der Waals surface area contributed by atoms with Crippen LogP contribution in [0.15, 0.2) is 35.5 Å². The van der Waals surface area contributed by atoms with Crippen LogP contribution in [0.2, 0.25) is 36.3 Å². The molecule has 5 atom stereocenters. The Morgan fingerprint density at radius 2 is 1.71 bits per heavy atom. The molecule has 3 fully saturated rings. The van der Waals surface area contributed by atoms with Gasteiger partial charge in [-0.3, -0.25) is 0 Å². The molecular weight excluding hydrogens is 497 g/mol. The maximum atomic E-state index is 11.1. The van der Waals surface area contributed by atoms with E-state index in [1.807, 2.05) is 0 Å². The molecule has 0 bridgehead atoms. The van der Waals surface area contributed by atoms with E-state index in [0.29, 0.717) is 11.3 Å². The second-order valence-corrected chi connectivity index (χ2v) is 25.5. The minimum atomic E-state index is -2.31. The first-order valence-corrected chi connectivity index (χ1v) is 21.7. The molecule has 3 saturated carbocycles. The number of rotatable bonds is 8. The molecule has 1 N–H and O–H groups in total. The Morgan fingerprint density at radius 3 is 2.29 bits per heavy atom. The van der Waals surface area contributed by atoms with Crippen LogP contribution in [-0.2, 0) is 4.43 Å². The number of fused-ring (bicyclic) bond motifs is 1. The van der Waals surface area contributed by atoms with Crippen molar-refractivity contribution in [2.75, 3.05) is 0 Å². The third-order valence-electron chi connectivity index (χ3n) is 11.9. The highest BCUT2D eigenvalue weighted by Gasteiger charge is 2.49. The summed E-state index contributed by atoms with van der Waals surface area (Å²) in [6.07, 6.45) is 17.8. The molecule has 0 spiro atoms. The molecule has 3 aliphatic rings. The standard InChI is InChI=1S/C34H62O2Si2/c1-13-15-29-19-20-30-27(16-14-21-34(29,30)8)18-17-26-22-28(24-33(6,7)37(9,10)35)25(2)31(23-26)36-38(11,12)32(3,4)5/h17-18,28-31,35H,2,13-16,19-24H2,1,3-12H3/b26-17+,27-18+/t28-,29?,30-,31+,34+/m0/s1. The number of allylic oxidation sites excluding steroid dienone is 3. The molecule has 0 aromatic rings. The first-order chi connectivity index (χ1) is 17.3. The van der Waals surface area contributed by atoms with E-state index < -0.39 is 16.6 Å². The van der Waals surface area contributed by atoms with Crippen LogP contribution in [0, 0.1) is 23.2 Å². The highest BCUT2D eigenvalue weighted by Crippen LogP contribution is 2.58. The molecule has 2 nitrogen and oxygen atoms in total. The molecule has 218 valence electrons. The Bertz CT molecular complexity index is 872. The Kier molecular flexibility index (Phi) is 9.67. The van der Waals surface area contributed by atoms with Crippen molar-refractivity contribution in [3.63, 3.8) is 0 Å². The fourth-order valence-electron chi connectivity index (χ4n) is 7.41. The number of hydrogen-bond donors (Lipinski definition) is 1. The van der Waals surface area contributed by atoms with Gasteiger partial charge in [0.2, 0.25) is 0 Å². The van der Waals surface area contributed by atoms with Crippen LogP contribution in [0.4, 0.5) is 0 Å². The van der Waals surface area contributed by atoms with Crippen LogP contribution in [0.25, 0.3) is 0 Å². The van der Waals surface area contributed by atoms with Gasteiger partial charge < -0.3 is 9.22 Å². The quantitative estimate of drug-likeness (QED) is 0.237. The van der Waals surface area contributed by atoms with Crippen molar-refractivity contribution >= 4 is 16.6 Å². The third kappa shape index (κ3) is 6.72. The molecule has 0 amide bonds. The van der Waals surface area contributed by atoms with Gasteiger partial charge >= 0.3 is 0 Å². The van der Waals surface area contributed by atoms with E-state index in [1.165, 1.54) is 56.1 Å². The Hall–Kier alpha value is -0.426. The van der Waals surface area contributed by atoms with Crippen molar-refractivity contribution in [1.29, 1.82) is 0 Å². The molecule has 0 aromatic carbocycles. The second-order valence-electron chi connectivity index (χ2n) is 16.2. The molecule has 1 unspecified atom stereocenters. The predicted octanol–water partition coefficient (Wildman–Crippen LogP) is 10.6. The highest BCUT2D eigenvalue weighted by atomic mass is 28.4. The van der Waals surface area contributed by atoms with Gasteiger partial charge in [-0.1, -0.05) is 91.2 Å². The van der Waals surface area contributed by atoms with Gasteiger partial charge in [0.15, 0.2) is 16.6 Å². The maximum absolute atomic E-state index is 11.1. The van der Waals surface area contributed by atoms with Gasteiger partial charge in [-0.25, -0.2) is 0 Å². The lowest BCUT2D eigenvalue weighted by atomic mass is 9.62. The SMILES string of the molecule is C=C1[C@H](CC(C)(C)[Si](C)(C)O)C/C(=C\C=C2/CCC[C@]3(C)C(CCC)CC[C@@H]23)C[C@H]1O[Si](C)(C)C(C)(C)C. The molecule has 0 aromatic heterocycles. The molecule has 0 saturated heterocycles. The Labute approximate surface area is 239 Å². The first kappa shape index (κ1) is 32.1. The van der Waals surface area contributed by atoms with Crippen LogP contribution in [-0.4, -0.2) is 27.5 Å². The van der Waals surface area contributed by atoms with E-state index in [4.69, 9.17) is 4.43 Å². The van der Waals surface area contributed by atoms with Gasteiger partial charge in [0.1, 0.15) is 0 Å². The van der Waals surface area contributed by atoms with Crippen molar-refractivity contribution in [3.8, 4) is 0 Å². The summed E-state index contributed by atoms with van der Waals surface area (Å²) in [4.78, 5) is 11.1. The summed E-state index contributed by atoms with van der Waals surface area (Å²) in [5, 5.41) is 0.113. The third-order valence-corrected chi connectivity index (χ3v) is 19.9. The number of hydrogen-bond acceptors (Lipinski definition) is 2. The molecule has 38 heavy (non-hydrogen) atoms. The smallest absolute Gasteiger partial charge is 0.192 e. The normalized spacial score (nSPS) is 33.7. The van der Waals surface area contributed by atoms with Crippen LogP contribution < -0.4 is 0 Å². The van der Waals surface area contributed by atoms with Gasteiger partial charge in [-0.15, -0.1) is 0 Å². The van der Waals surface area contributed by atoms with Gasteiger partial charge in [0.25, 0.3) is 0 Å². The van der Waals surface area contributed by atoms with E-state index >= 15 is 0 Å². The summed E-state index contributed by atoms with van der Waals surface area (Å²) in [5.41, 5.74) is 5.03. The zero-order chi connectivity index (χ0) is 28.7. The van der Waals surface area contributed by atoms with Crippen molar-refractivity contribution in [2.24, 2.45) is 23.2 Å². The van der Waals surface area contributed by atoms with Gasteiger partial charge in [-0.05, 0) is 116 Å². The Morgan fingerprint density at radius 1 is 1.05 bits per heavy atom. The summed E-state index contributed by atoms with van der Waals surface area (Å²) in [5.74, 6) is 2.05. The minimum Gasteiger partial charge on any atom is -0.432 e. The van der Waals surface area contributed by atoms with Gasteiger partial charge in [0, 0.05) is 0 Å². The lowest BCUT2D eigenvalue weighted by Gasteiger charge is -2.45. The highest BCUT2D eigenvalue weighted by molar-refractivity contribution is 6.74. The van der Waals surface area contributed by atoms with E-state index in [-0.39, 0.29) is 16.2 Å². The molecule has 4 heteroatoms. The predicted molar refractivity (Wildman–Crippen MR) is 172 cm³/mol. The Balaban J connectivity index is 1.90. The van der Waals surface area contributed by atoms with E-state index in [2.05, 4.69) is 93.4 Å².